The van der Waals surface area contributed by atoms with Gasteiger partial charge in [-0.15, -0.1) is 0 Å². The molecule has 4 heterocycles. The predicted octanol–water partition coefficient (Wildman–Crippen LogP) is 0.118. The summed E-state index contributed by atoms with van der Waals surface area (Å²) in [5.74, 6) is 0.115. The van der Waals surface area contributed by atoms with Crippen molar-refractivity contribution in [2.75, 3.05) is 5.32 Å². The number of aromatic hydroxyl groups is 1. The number of aromatic nitrogens is 7. The van der Waals surface area contributed by atoms with Gasteiger partial charge in [-0.3, -0.25) is 4.98 Å². The van der Waals surface area contributed by atoms with Gasteiger partial charge >= 0.3 is 5.69 Å². The number of pyridine rings is 1. The normalized spacial score (nSPS) is 15.2. The van der Waals surface area contributed by atoms with E-state index in [1.165, 1.54) is 0 Å². The van der Waals surface area contributed by atoms with E-state index in [1.807, 2.05) is 6.07 Å². The van der Waals surface area contributed by atoms with Crippen LogP contribution in [0.5, 0.6) is 5.88 Å². The van der Waals surface area contributed by atoms with Crippen LogP contribution in [-0.2, 0) is 6.54 Å². The Morgan fingerprint density at radius 2 is 2.17 bits per heavy atom. The molecule has 152 valence electrons. The minimum absolute atomic E-state index is 0.232. The van der Waals surface area contributed by atoms with Crippen molar-refractivity contribution in [3.8, 4) is 5.88 Å². The van der Waals surface area contributed by atoms with Crippen molar-refractivity contribution < 1.29 is 5.11 Å². The molecule has 0 saturated heterocycles. The van der Waals surface area contributed by atoms with Crippen LogP contribution in [0.15, 0.2) is 34.3 Å². The molecule has 0 amide bonds. The molecule has 1 saturated carbocycles. The Bertz CT molecular complexity index is 1400. The summed E-state index contributed by atoms with van der Waals surface area (Å²) in [6.45, 7) is 0.447. The lowest BCUT2D eigenvalue weighted by Crippen LogP contribution is -2.24. The smallest absolute Gasteiger partial charge is 0.326 e. The molecule has 1 aliphatic rings. The Labute approximate surface area is 173 Å². The van der Waals surface area contributed by atoms with E-state index < -0.39 is 5.69 Å². The minimum Gasteiger partial charge on any atom is -0.493 e. The molecule has 4 N–H and O–H groups in total. The number of fused-ring (bicyclic) bond motifs is 1. The standard InChI is InChI=1S/C18H16ClN9O2/c19-13-4-1-9(6-20-13)7-21-16-25-14-10(5-12-15(29)26-18(30)24-12)8-22-28(14)17(27-16)23-11-2-3-11/h1,4-6,8,11,29H,2-3,7H2,(H,21,23,27)(H2,24,26,30). The summed E-state index contributed by atoms with van der Waals surface area (Å²) >= 11 is 5.83. The molecule has 0 spiro atoms. The lowest BCUT2D eigenvalue weighted by Gasteiger charge is -2.05. The van der Waals surface area contributed by atoms with Gasteiger partial charge in [-0.2, -0.15) is 19.6 Å². The number of aromatic amines is 2. The van der Waals surface area contributed by atoms with Crippen molar-refractivity contribution in [1.29, 1.82) is 0 Å². The molecule has 5 rings (SSSR count). The third-order valence-electron chi connectivity index (χ3n) is 4.50. The average Bonchev–Trinajstić information content (AvgIpc) is 3.36. The Hall–Kier alpha value is -3.73. The topological polar surface area (TPSA) is 149 Å². The molecule has 4 aromatic rings. The lowest BCUT2D eigenvalue weighted by atomic mass is 10.3. The molecule has 4 aromatic heterocycles. The molecule has 0 radical (unpaired) electrons. The number of hydrogen-bond donors (Lipinski definition) is 4. The molecule has 1 aliphatic carbocycles. The monoisotopic (exact) mass is 425 g/mol. The summed E-state index contributed by atoms with van der Waals surface area (Å²) in [5.41, 5.74) is 1.57. The fraction of sp³-hybridized carbons (Fsp3) is 0.222. The van der Waals surface area contributed by atoms with Crippen LogP contribution in [0.4, 0.5) is 5.95 Å². The first-order valence-corrected chi connectivity index (χ1v) is 9.60. The molecular formula is C18H16ClN9O2. The summed E-state index contributed by atoms with van der Waals surface area (Å²) in [7, 11) is 0. The molecule has 0 unspecified atom stereocenters. The van der Waals surface area contributed by atoms with E-state index in [0.717, 1.165) is 18.4 Å². The number of halogens is 1. The largest absolute Gasteiger partial charge is 0.493 e. The summed E-state index contributed by atoms with van der Waals surface area (Å²) in [4.78, 5) is 33.9. The Kier molecular flexibility index (Phi) is 4.43. The molecule has 1 fully saturated rings. The van der Waals surface area contributed by atoms with Crippen LogP contribution in [0, 0.1) is 0 Å². The molecule has 0 aromatic carbocycles. The number of rotatable bonds is 5. The van der Waals surface area contributed by atoms with E-state index >= 15 is 0 Å². The zero-order valence-corrected chi connectivity index (χ0v) is 16.3. The second kappa shape index (κ2) is 7.26. The Morgan fingerprint density at radius 3 is 2.87 bits per heavy atom. The number of nitrogens with one attached hydrogen (secondary N) is 3. The summed E-state index contributed by atoms with van der Waals surface area (Å²) in [6.07, 6.45) is 6.86. The van der Waals surface area contributed by atoms with E-state index in [0.29, 0.717) is 34.1 Å². The molecule has 0 bridgehead atoms. The van der Waals surface area contributed by atoms with Crippen molar-refractivity contribution in [3.05, 3.63) is 62.3 Å². The number of nitrogens with zero attached hydrogens (tertiary/aromatic N) is 6. The van der Waals surface area contributed by atoms with Gasteiger partial charge in [-0.05, 0) is 30.5 Å². The van der Waals surface area contributed by atoms with Crippen LogP contribution in [0.3, 0.4) is 0 Å². The molecule has 0 atom stereocenters. The maximum Gasteiger partial charge on any atom is 0.326 e. The Balaban J connectivity index is 1.58. The fourth-order valence-corrected chi connectivity index (χ4v) is 2.96. The van der Waals surface area contributed by atoms with Gasteiger partial charge in [0.2, 0.25) is 11.8 Å². The fourth-order valence-electron chi connectivity index (χ4n) is 2.85. The van der Waals surface area contributed by atoms with Crippen molar-refractivity contribution in [3.63, 3.8) is 0 Å². The molecule has 12 heteroatoms. The lowest BCUT2D eigenvalue weighted by molar-refractivity contribution is 0.454. The van der Waals surface area contributed by atoms with Gasteiger partial charge in [0.15, 0.2) is 5.65 Å². The van der Waals surface area contributed by atoms with Gasteiger partial charge in [0.05, 0.1) is 12.2 Å². The zero-order chi connectivity index (χ0) is 20.7. The molecule has 30 heavy (non-hydrogen) atoms. The maximum atomic E-state index is 11.4. The molecule has 11 nitrogen and oxygen atoms in total. The highest BCUT2D eigenvalue weighted by Gasteiger charge is 2.21. The van der Waals surface area contributed by atoms with E-state index in [2.05, 4.69) is 40.3 Å². The van der Waals surface area contributed by atoms with Gasteiger partial charge in [-0.25, -0.2) is 14.8 Å². The van der Waals surface area contributed by atoms with Crippen LogP contribution >= 0.6 is 11.6 Å². The average molecular weight is 426 g/mol. The number of H-pyrrole nitrogens is 2. The number of hydrogen-bond acceptors (Lipinski definition) is 8. The van der Waals surface area contributed by atoms with Crippen molar-refractivity contribution >= 4 is 29.3 Å². The van der Waals surface area contributed by atoms with Crippen LogP contribution < -0.4 is 21.8 Å². The zero-order valence-electron chi connectivity index (χ0n) is 15.5. The Morgan fingerprint density at radius 1 is 1.30 bits per heavy atom. The van der Waals surface area contributed by atoms with Crippen molar-refractivity contribution in [2.24, 2.45) is 4.99 Å². The SMILES string of the molecule is O=c1[nH]c(O)c(C=c2cnn3c(=NC4CC4)nc(NCc4ccc(Cl)nc4)nc23)[nH]1. The first kappa shape index (κ1) is 18.3. The van der Waals surface area contributed by atoms with Gasteiger partial charge < -0.3 is 15.4 Å². The van der Waals surface area contributed by atoms with Gasteiger partial charge in [0, 0.05) is 18.0 Å². The summed E-state index contributed by atoms with van der Waals surface area (Å²) < 4.78 is 1.54. The van der Waals surface area contributed by atoms with E-state index in [4.69, 9.17) is 11.6 Å². The second-order valence-corrected chi connectivity index (χ2v) is 7.26. The predicted molar refractivity (Wildman–Crippen MR) is 108 cm³/mol. The van der Waals surface area contributed by atoms with E-state index in [-0.39, 0.29) is 17.6 Å². The molecule has 0 aliphatic heterocycles. The van der Waals surface area contributed by atoms with Crippen LogP contribution in [0.25, 0.3) is 11.7 Å². The van der Waals surface area contributed by atoms with Gasteiger partial charge in [-0.1, -0.05) is 17.7 Å². The quantitative estimate of drug-likeness (QED) is 0.332. The first-order valence-electron chi connectivity index (χ1n) is 9.22. The van der Waals surface area contributed by atoms with E-state index in [9.17, 15) is 9.90 Å². The van der Waals surface area contributed by atoms with Crippen LogP contribution in [0.2, 0.25) is 5.15 Å². The van der Waals surface area contributed by atoms with Crippen molar-refractivity contribution in [1.82, 2.24) is 34.5 Å². The highest BCUT2D eigenvalue weighted by molar-refractivity contribution is 6.29. The summed E-state index contributed by atoms with van der Waals surface area (Å²) in [6, 6.07) is 3.81. The maximum absolute atomic E-state index is 11.4. The third kappa shape index (κ3) is 3.74. The number of imidazole rings is 1. The second-order valence-electron chi connectivity index (χ2n) is 6.87. The number of anilines is 1. The minimum atomic E-state index is -0.506. The van der Waals surface area contributed by atoms with Gasteiger partial charge in [0.25, 0.3) is 5.62 Å². The highest BCUT2D eigenvalue weighted by atomic mass is 35.5. The van der Waals surface area contributed by atoms with Crippen LogP contribution in [0.1, 0.15) is 24.1 Å². The van der Waals surface area contributed by atoms with Crippen LogP contribution in [-0.4, -0.2) is 45.7 Å². The van der Waals surface area contributed by atoms with Gasteiger partial charge in [0.1, 0.15) is 10.8 Å². The van der Waals surface area contributed by atoms with E-state index in [1.54, 1.807) is 29.1 Å². The summed E-state index contributed by atoms with van der Waals surface area (Å²) in [5, 5.41) is 18.4. The molecular weight excluding hydrogens is 410 g/mol. The highest BCUT2D eigenvalue weighted by Crippen LogP contribution is 2.22. The van der Waals surface area contributed by atoms with Crippen molar-refractivity contribution in [2.45, 2.75) is 25.4 Å². The first-order chi connectivity index (χ1) is 14.5. The third-order valence-corrected chi connectivity index (χ3v) is 4.72.